The molecule has 2 saturated heterocycles. The number of urea groups is 1. The smallest absolute Gasteiger partial charge is 0.321 e. The lowest BCUT2D eigenvalue weighted by atomic mass is 10.0. The van der Waals surface area contributed by atoms with E-state index in [0.717, 1.165) is 5.56 Å². The Morgan fingerprint density at radius 2 is 1.96 bits per heavy atom. The van der Waals surface area contributed by atoms with Crippen molar-refractivity contribution in [3.05, 3.63) is 22.7 Å². The Morgan fingerprint density at radius 1 is 1.30 bits per heavy atom. The molecule has 6 nitrogen and oxygen atoms in total. The molecule has 1 N–H and O–H groups in total. The van der Waals surface area contributed by atoms with E-state index in [0.29, 0.717) is 55.6 Å². The van der Waals surface area contributed by atoms with Crippen molar-refractivity contribution in [2.24, 2.45) is 0 Å². The number of likely N-dealkylation sites (tertiary alicyclic amines) is 1. The summed E-state index contributed by atoms with van der Waals surface area (Å²) < 4.78 is 16.6. The summed E-state index contributed by atoms with van der Waals surface area (Å²) in [5, 5.41) is 3.51. The second-order valence-electron chi connectivity index (χ2n) is 5.83. The van der Waals surface area contributed by atoms with E-state index < -0.39 is 5.79 Å². The number of methoxy groups -OCH3 is 1. The summed E-state index contributed by atoms with van der Waals surface area (Å²) in [7, 11) is 1.55. The van der Waals surface area contributed by atoms with Gasteiger partial charge in [-0.15, -0.1) is 0 Å². The van der Waals surface area contributed by atoms with Gasteiger partial charge in [0.15, 0.2) is 5.79 Å². The van der Waals surface area contributed by atoms with Crippen LogP contribution in [-0.4, -0.2) is 50.1 Å². The molecule has 1 spiro atoms. The fourth-order valence-corrected chi connectivity index (χ4v) is 3.11. The molecule has 0 atom stereocenters. The summed E-state index contributed by atoms with van der Waals surface area (Å²) in [6, 6.07) is 3.36. The van der Waals surface area contributed by atoms with Crippen molar-refractivity contribution in [2.75, 3.05) is 38.7 Å². The number of piperidine rings is 1. The second kappa shape index (κ2) is 6.55. The van der Waals surface area contributed by atoms with Gasteiger partial charge in [-0.3, -0.25) is 0 Å². The van der Waals surface area contributed by atoms with Gasteiger partial charge < -0.3 is 24.4 Å². The molecule has 0 aromatic heterocycles. The number of nitrogens with one attached hydrogen (secondary N) is 1. The zero-order valence-corrected chi connectivity index (χ0v) is 14.1. The number of carbonyl (C=O) groups excluding carboxylic acids is 1. The number of anilines is 1. The molecule has 2 aliphatic rings. The first-order valence-corrected chi connectivity index (χ1v) is 8.09. The van der Waals surface area contributed by atoms with E-state index in [9.17, 15) is 4.79 Å². The Morgan fingerprint density at radius 3 is 2.57 bits per heavy atom. The van der Waals surface area contributed by atoms with Crippen molar-refractivity contribution >= 4 is 23.3 Å². The lowest BCUT2D eigenvalue weighted by molar-refractivity contribution is -0.181. The Labute approximate surface area is 140 Å². The van der Waals surface area contributed by atoms with E-state index in [1.54, 1.807) is 18.1 Å². The van der Waals surface area contributed by atoms with Crippen LogP contribution in [0.4, 0.5) is 10.5 Å². The zero-order valence-electron chi connectivity index (χ0n) is 13.4. The molecule has 0 bridgehead atoms. The van der Waals surface area contributed by atoms with Crippen LogP contribution in [-0.2, 0) is 9.47 Å². The highest BCUT2D eigenvalue weighted by Gasteiger charge is 2.40. The summed E-state index contributed by atoms with van der Waals surface area (Å²) in [6.07, 6.45) is 1.38. The third kappa shape index (κ3) is 3.39. The molecule has 2 amide bonds. The van der Waals surface area contributed by atoms with Crippen molar-refractivity contribution in [1.82, 2.24) is 4.90 Å². The minimum absolute atomic E-state index is 0.155. The number of rotatable bonds is 2. The van der Waals surface area contributed by atoms with E-state index in [2.05, 4.69) is 5.32 Å². The second-order valence-corrected chi connectivity index (χ2v) is 6.23. The van der Waals surface area contributed by atoms with Crippen molar-refractivity contribution in [2.45, 2.75) is 25.6 Å². The zero-order chi connectivity index (χ0) is 16.4. The van der Waals surface area contributed by atoms with Crippen LogP contribution in [0.25, 0.3) is 0 Å². The first-order valence-electron chi connectivity index (χ1n) is 7.71. The van der Waals surface area contributed by atoms with Crippen molar-refractivity contribution in [3.8, 4) is 5.75 Å². The van der Waals surface area contributed by atoms with Crippen LogP contribution in [0.15, 0.2) is 12.1 Å². The van der Waals surface area contributed by atoms with Gasteiger partial charge in [0.1, 0.15) is 5.75 Å². The summed E-state index contributed by atoms with van der Waals surface area (Å²) in [6.45, 7) is 4.35. The van der Waals surface area contributed by atoms with Crippen molar-refractivity contribution < 1.29 is 19.0 Å². The van der Waals surface area contributed by atoms with Gasteiger partial charge in [0.2, 0.25) is 0 Å². The largest absolute Gasteiger partial charge is 0.495 e. The van der Waals surface area contributed by atoms with Crippen LogP contribution in [0.1, 0.15) is 18.4 Å². The van der Waals surface area contributed by atoms with Gasteiger partial charge in [0.05, 0.1) is 26.0 Å². The number of hydrogen-bond acceptors (Lipinski definition) is 4. The number of ether oxygens (including phenoxy) is 3. The van der Waals surface area contributed by atoms with Gasteiger partial charge >= 0.3 is 6.03 Å². The topological polar surface area (TPSA) is 60.0 Å². The van der Waals surface area contributed by atoms with E-state index >= 15 is 0 Å². The standard InChI is InChI=1S/C16H21ClN2O4/c1-11-9-13(14(21-2)10-12(11)17)18-15(20)19-5-3-16(4-6-19)22-7-8-23-16/h9-10H,3-8H2,1-2H3,(H,18,20). The number of carbonyl (C=O) groups is 1. The minimum Gasteiger partial charge on any atom is -0.495 e. The maximum absolute atomic E-state index is 12.5. The molecule has 0 aliphatic carbocycles. The average Bonchev–Trinajstić information content (AvgIpc) is 2.99. The highest BCUT2D eigenvalue weighted by atomic mass is 35.5. The van der Waals surface area contributed by atoms with E-state index in [1.165, 1.54) is 0 Å². The first kappa shape index (κ1) is 16.4. The number of hydrogen-bond donors (Lipinski definition) is 1. The maximum Gasteiger partial charge on any atom is 0.321 e. The Hall–Kier alpha value is -1.50. The van der Waals surface area contributed by atoms with E-state index in [1.807, 2.05) is 13.0 Å². The average molecular weight is 341 g/mol. The predicted molar refractivity (Wildman–Crippen MR) is 87.2 cm³/mol. The number of halogens is 1. The van der Waals surface area contributed by atoms with Gasteiger partial charge in [-0.1, -0.05) is 11.6 Å². The van der Waals surface area contributed by atoms with Crippen LogP contribution < -0.4 is 10.1 Å². The SMILES string of the molecule is COc1cc(Cl)c(C)cc1NC(=O)N1CCC2(CC1)OCCO2. The maximum atomic E-state index is 12.5. The number of amides is 2. The monoisotopic (exact) mass is 340 g/mol. The summed E-state index contributed by atoms with van der Waals surface area (Å²) >= 11 is 6.09. The summed E-state index contributed by atoms with van der Waals surface area (Å²) in [5.41, 5.74) is 1.50. The molecule has 7 heteroatoms. The van der Waals surface area contributed by atoms with Crippen LogP contribution in [0.5, 0.6) is 5.75 Å². The summed E-state index contributed by atoms with van der Waals surface area (Å²) in [4.78, 5) is 14.2. The Bertz CT molecular complexity index is 592. The molecule has 1 aromatic rings. The lowest BCUT2D eigenvalue weighted by Crippen LogP contribution is -2.48. The van der Waals surface area contributed by atoms with Gasteiger partial charge in [-0.05, 0) is 18.6 Å². The predicted octanol–water partition coefficient (Wildman–Crippen LogP) is 3.03. The molecule has 1 aromatic carbocycles. The molecule has 0 saturated carbocycles. The molecule has 2 fully saturated rings. The fourth-order valence-electron chi connectivity index (χ4n) is 2.96. The molecule has 23 heavy (non-hydrogen) atoms. The van der Waals surface area contributed by atoms with E-state index in [-0.39, 0.29) is 6.03 Å². The van der Waals surface area contributed by atoms with Crippen LogP contribution in [0.3, 0.4) is 0 Å². The fraction of sp³-hybridized carbons (Fsp3) is 0.562. The van der Waals surface area contributed by atoms with Crippen molar-refractivity contribution in [1.29, 1.82) is 0 Å². The molecule has 3 rings (SSSR count). The quantitative estimate of drug-likeness (QED) is 0.899. The number of benzene rings is 1. The number of aryl methyl sites for hydroxylation is 1. The normalized spacial score (nSPS) is 19.9. The van der Waals surface area contributed by atoms with Crippen LogP contribution in [0, 0.1) is 6.92 Å². The van der Waals surface area contributed by atoms with Gasteiger partial charge in [0, 0.05) is 37.0 Å². The van der Waals surface area contributed by atoms with Crippen LogP contribution in [0.2, 0.25) is 5.02 Å². The molecular formula is C16H21ClN2O4. The van der Waals surface area contributed by atoms with E-state index in [4.69, 9.17) is 25.8 Å². The molecule has 2 heterocycles. The molecule has 2 aliphatic heterocycles. The third-order valence-electron chi connectivity index (χ3n) is 4.35. The molecule has 0 unspecified atom stereocenters. The van der Waals surface area contributed by atoms with Crippen LogP contribution >= 0.6 is 11.6 Å². The molecule has 0 radical (unpaired) electrons. The highest BCUT2D eigenvalue weighted by Crippen LogP contribution is 2.33. The van der Waals surface area contributed by atoms with Gasteiger partial charge in [-0.2, -0.15) is 0 Å². The minimum atomic E-state index is -0.481. The third-order valence-corrected chi connectivity index (χ3v) is 4.76. The summed E-state index contributed by atoms with van der Waals surface area (Å²) in [5.74, 6) is 0.0654. The van der Waals surface area contributed by atoms with Crippen molar-refractivity contribution in [3.63, 3.8) is 0 Å². The molecular weight excluding hydrogens is 320 g/mol. The Balaban J connectivity index is 1.65. The number of nitrogens with zero attached hydrogens (tertiary/aromatic N) is 1. The van der Waals surface area contributed by atoms with Gasteiger partial charge in [-0.25, -0.2) is 4.79 Å². The Kier molecular flexibility index (Phi) is 4.66. The lowest BCUT2D eigenvalue weighted by Gasteiger charge is -2.37. The highest BCUT2D eigenvalue weighted by molar-refractivity contribution is 6.31. The van der Waals surface area contributed by atoms with Gasteiger partial charge in [0.25, 0.3) is 0 Å². The molecule has 126 valence electrons. The first-order chi connectivity index (χ1) is 11.0.